The van der Waals surface area contributed by atoms with Gasteiger partial charge in [0.1, 0.15) is 6.04 Å². The van der Waals surface area contributed by atoms with Crippen molar-refractivity contribution in [2.75, 3.05) is 6.54 Å². The maximum absolute atomic E-state index is 12.0. The third-order valence-corrected chi connectivity index (χ3v) is 3.49. The Morgan fingerprint density at radius 3 is 2.56 bits per heavy atom. The van der Waals surface area contributed by atoms with Crippen LogP contribution < -0.4 is 5.32 Å². The maximum atomic E-state index is 12.0. The van der Waals surface area contributed by atoms with Gasteiger partial charge in [0.05, 0.1) is 0 Å². The number of hydrogen-bond donors (Lipinski definition) is 2. The molecule has 0 aromatic carbocycles. The van der Waals surface area contributed by atoms with Crippen molar-refractivity contribution in [1.82, 2.24) is 10.2 Å². The first kappa shape index (κ1) is 14.8. The first-order chi connectivity index (χ1) is 8.45. The zero-order chi connectivity index (χ0) is 13.7. The molecule has 1 aliphatic rings. The Labute approximate surface area is 109 Å². The Bertz CT molecular complexity index is 307. The van der Waals surface area contributed by atoms with Crippen molar-refractivity contribution in [3.8, 4) is 0 Å². The van der Waals surface area contributed by atoms with Crippen molar-refractivity contribution in [2.24, 2.45) is 5.92 Å². The minimum Gasteiger partial charge on any atom is -0.480 e. The highest BCUT2D eigenvalue weighted by Crippen LogP contribution is 2.22. The minimum atomic E-state index is -0.948. The molecule has 3 atom stereocenters. The van der Waals surface area contributed by atoms with E-state index in [1.54, 1.807) is 4.90 Å². The van der Waals surface area contributed by atoms with Gasteiger partial charge in [0.15, 0.2) is 0 Å². The third kappa shape index (κ3) is 3.89. The molecule has 1 heterocycles. The summed E-state index contributed by atoms with van der Waals surface area (Å²) in [6.07, 6.45) is 3.22. The van der Waals surface area contributed by atoms with Crippen LogP contribution in [-0.4, -0.2) is 40.6 Å². The number of likely N-dealkylation sites (tertiary alicyclic amines) is 1. The van der Waals surface area contributed by atoms with Crippen LogP contribution >= 0.6 is 0 Å². The summed E-state index contributed by atoms with van der Waals surface area (Å²) >= 11 is 0. The van der Waals surface area contributed by atoms with E-state index in [0.717, 1.165) is 19.3 Å². The van der Waals surface area contributed by atoms with Crippen LogP contribution in [0.15, 0.2) is 0 Å². The standard InChI is InChI=1S/C13H24N2O3/c1-4-5-6-11(12(16)17)14-13(18)15-8-9(2)7-10(15)3/h9-11H,4-8H2,1-3H3,(H,14,18)(H,16,17)/t9?,10?,11-/m0/s1. The van der Waals surface area contributed by atoms with Crippen LogP contribution in [0.1, 0.15) is 46.5 Å². The molecule has 1 fully saturated rings. The zero-order valence-corrected chi connectivity index (χ0v) is 11.5. The topological polar surface area (TPSA) is 69.6 Å². The van der Waals surface area contributed by atoms with Crippen LogP contribution in [0, 0.1) is 5.92 Å². The molecule has 5 nitrogen and oxygen atoms in total. The number of urea groups is 1. The molecule has 1 saturated heterocycles. The van der Waals surface area contributed by atoms with Crippen LogP contribution in [-0.2, 0) is 4.79 Å². The first-order valence-electron chi connectivity index (χ1n) is 6.75. The molecule has 0 aliphatic carbocycles. The molecule has 1 rings (SSSR count). The number of rotatable bonds is 5. The van der Waals surface area contributed by atoms with E-state index in [1.165, 1.54) is 0 Å². The number of unbranched alkanes of at least 4 members (excludes halogenated alkanes) is 1. The lowest BCUT2D eigenvalue weighted by Gasteiger charge is -2.24. The highest BCUT2D eigenvalue weighted by atomic mass is 16.4. The van der Waals surface area contributed by atoms with Gasteiger partial charge in [-0.3, -0.25) is 0 Å². The Kier molecular flexibility index (Phi) is 5.44. The summed E-state index contributed by atoms with van der Waals surface area (Å²) < 4.78 is 0. The SMILES string of the molecule is CCCC[C@H](NC(=O)N1CC(C)CC1C)C(=O)O. The molecule has 2 amide bonds. The van der Waals surface area contributed by atoms with Gasteiger partial charge >= 0.3 is 12.0 Å². The molecule has 18 heavy (non-hydrogen) atoms. The first-order valence-corrected chi connectivity index (χ1v) is 6.75. The van der Waals surface area contributed by atoms with Crippen LogP contribution in [0.2, 0.25) is 0 Å². The average molecular weight is 256 g/mol. The molecule has 104 valence electrons. The van der Waals surface area contributed by atoms with E-state index in [-0.39, 0.29) is 12.1 Å². The van der Waals surface area contributed by atoms with Gasteiger partial charge in [-0.1, -0.05) is 26.7 Å². The monoisotopic (exact) mass is 256 g/mol. The molecule has 2 unspecified atom stereocenters. The van der Waals surface area contributed by atoms with Crippen molar-refractivity contribution in [3.63, 3.8) is 0 Å². The number of nitrogens with zero attached hydrogens (tertiary/aromatic N) is 1. The van der Waals surface area contributed by atoms with Crippen molar-refractivity contribution in [2.45, 2.75) is 58.5 Å². The van der Waals surface area contributed by atoms with Gasteiger partial charge < -0.3 is 15.3 Å². The van der Waals surface area contributed by atoms with E-state index >= 15 is 0 Å². The third-order valence-electron chi connectivity index (χ3n) is 3.49. The number of hydrogen-bond acceptors (Lipinski definition) is 2. The minimum absolute atomic E-state index is 0.195. The van der Waals surface area contributed by atoms with Gasteiger partial charge in [-0.15, -0.1) is 0 Å². The second-order valence-corrected chi connectivity index (χ2v) is 5.32. The Hall–Kier alpha value is -1.26. The molecule has 0 saturated carbocycles. The predicted octanol–water partition coefficient (Wildman–Crippen LogP) is 2.07. The van der Waals surface area contributed by atoms with Crippen LogP contribution in [0.5, 0.6) is 0 Å². The van der Waals surface area contributed by atoms with Gasteiger partial charge in [-0.2, -0.15) is 0 Å². The van der Waals surface area contributed by atoms with E-state index in [0.29, 0.717) is 18.9 Å². The number of carbonyl (C=O) groups excluding carboxylic acids is 1. The Balaban J connectivity index is 2.53. The molecule has 0 aromatic rings. The number of carboxylic acids is 1. The van der Waals surface area contributed by atoms with E-state index in [9.17, 15) is 9.59 Å². The second kappa shape index (κ2) is 6.61. The second-order valence-electron chi connectivity index (χ2n) is 5.32. The fraction of sp³-hybridized carbons (Fsp3) is 0.846. The van der Waals surface area contributed by atoms with Crippen LogP contribution in [0.25, 0.3) is 0 Å². The van der Waals surface area contributed by atoms with Crippen LogP contribution in [0.4, 0.5) is 4.79 Å². The molecule has 0 bridgehead atoms. The molecular formula is C13H24N2O3. The molecule has 0 spiro atoms. The lowest BCUT2D eigenvalue weighted by Crippen LogP contribution is -2.49. The van der Waals surface area contributed by atoms with Gasteiger partial charge in [-0.25, -0.2) is 9.59 Å². The summed E-state index contributed by atoms with van der Waals surface area (Å²) in [7, 11) is 0. The van der Waals surface area contributed by atoms with Gasteiger partial charge in [0.2, 0.25) is 0 Å². The fourth-order valence-corrected chi connectivity index (χ4v) is 2.48. The summed E-state index contributed by atoms with van der Waals surface area (Å²) in [5.41, 5.74) is 0. The summed E-state index contributed by atoms with van der Waals surface area (Å²) in [6, 6.07) is -0.809. The van der Waals surface area contributed by atoms with Crippen LogP contribution in [0.3, 0.4) is 0 Å². The fourth-order valence-electron chi connectivity index (χ4n) is 2.48. The molecular weight excluding hydrogens is 232 g/mol. The van der Waals surface area contributed by atoms with E-state index < -0.39 is 12.0 Å². The van der Waals surface area contributed by atoms with Gasteiger partial charge in [-0.05, 0) is 25.7 Å². The normalized spacial score (nSPS) is 24.9. The Morgan fingerprint density at radius 1 is 1.44 bits per heavy atom. The number of amides is 2. The van der Waals surface area contributed by atoms with Gasteiger partial charge in [0, 0.05) is 12.6 Å². The van der Waals surface area contributed by atoms with Crippen molar-refractivity contribution < 1.29 is 14.7 Å². The molecule has 2 N–H and O–H groups in total. The van der Waals surface area contributed by atoms with Crippen molar-refractivity contribution in [3.05, 3.63) is 0 Å². The highest BCUT2D eigenvalue weighted by Gasteiger charge is 2.31. The maximum Gasteiger partial charge on any atom is 0.326 e. The summed E-state index contributed by atoms with van der Waals surface area (Å²) in [5, 5.41) is 11.7. The average Bonchev–Trinajstić information content (AvgIpc) is 2.63. The quantitative estimate of drug-likeness (QED) is 0.791. The molecule has 5 heteroatoms. The summed E-state index contributed by atoms with van der Waals surface area (Å²) in [4.78, 5) is 24.8. The lowest BCUT2D eigenvalue weighted by atomic mass is 10.1. The molecule has 1 aliphatic heterocycles. The largest absolute Gasteiger partial charge is 0.480 e. The van der Waals surface area contributed by atoms with Crippen molar-refractivity contribution >= 4 is 12.0 Å². The summed E-state index contributed by atoms with van der Waals surface area (Å²) in [5.74, 6) is -0.457. The van der Waals surface area contributed by atoms with E-state index in [4.69, 9.17) is 5.11 Å². The van der Waals surface area contributed by atoms with E-state index in [2.05, 4.69) is 12.2 Å². The lowest BCUT2D eigenvalue weighted by molar-refractivity contribution is -0.139. The number of nitrogens with one attached hydrogen (secondary N) is 1. The summed E-state index contributed by atoms with van der Waals surface area (Å²) in [6.45, 7) is 6.83. The molecule has 0 radical (unpaired) electrons. The van der Waals surface area contributed by atoms with Gasteiger partial charge in [0.25, 0.3) is 0 Å². The smallest absolute Gasteiger partial charge is 0.326 e. The highest BCUT2D eigenvalue weighted by molar-refractivity contribution is 5.82. The Morgan fingerprint density at radius 2 is 2.11 bits per heavy atom. The molecule has 0 aromatic heterocycles. The van der Waals surface area contributed by atoms with E-state index in [1.807, 2.05) is 13.8 Å². The van der Waals surface area contributed by atoms with Crippen molar-refractivity contribution in [1.29, 1.82) is 0 Å². The number of aliphatic carboxylic acids is 1. The number of carboxylic acid groups (broad SMARTS) is 1. The zero-order valence-electron chi connectivity index (χ0n) is 11.5. The predicted molar refractivity (Wildman–Crippen MR) is 69.4 cm³/mol. The number of carbonyl (C=O) groups is 2.